The topological polar surface area (TPSA) is 74.2 Å². The Kier molecular flexibility index (Phi) is 6.56. The van der Waals surface area contributed by atoms with Crippen LogP contribution in [-0.4, -0.2) is 55.3 Å². The van der Waals surface area contributed by atoms with E-state index in [2.05, 4.69) is 26.8 Å². The van der Waals surface area contributed by atoms with E-state index >= 15 is 0 Å². The van der Waals surface area contributed by atoms with E-state index in [4.69, 9.17) is 4.74 Å². The molecule has 4 rings (SSSR count). The fourth-order valence-corrected chi connectivity index (χ4v) is 4.61. The summed E-state index contributed by atoms with van der Waals surface area (Å²) in [6, 6.07) is 11.8. The monoisotopic (exact) mass is 426 g/mol. The molecular formula is C22H26N4O3S. The van der Waals surface area contributed by atoms with Crippen LogP contribution < -0.4 is 10.3 Å². The maximum Gasteiger partial charge on any atom is 0.267 e. The highest BCUT2D eigenvalue weighted by Crippen LogP contribution is 2.26. The highest BCUT2D eigenvalue weighted by Gasteiger charge is 2.28. The Morgan fingerprint density at radius 3 is 2.80 bits per heavy atom. The smallest absolute Gasteiger partial charge is 0.267 e. The lowest BCUT2D eigenvalue weighted by Crippen LogP contribution is -2.45. The van der Waals surface area contributed by atoms with E-state index in [-0.39, 0.29) is 24.3 Å². The first-order chi connectivity index (χ1) is 14.6. The molecule has 1 aromatic carbocycles. The third-order valence-electron chi connectivity index (χ3n) is 5.35. The summed E-state index contributed by atoms with van der Waals surface area (Å²) < 4.78 is 5.48. The van der Waals surface area contributed by atoms with Crippen molar-refractivity contribution in [2.24, 2.45) is 5.10 Å². The van der Waals surface area contributed by atoms with Gasteiger partial charge in [0.15, 0.2) is 0 Å². The number of hydrogen-bond donors (Lipinski definition) is 1. The van der Waals surface area contributed by atoms with Crippen molar-refractivity contribution < 1.29 is 14.3 Å². The SMILES string of the molecule is Cc1cccc(N2N=C(C(=O)NC[C@H](c3cccs3)N3CCOCC3)CCC2=O)c1. The number of morpholine rings is 1. The molecule has 1 atom stereocenters. The van der Waals surface area contributed by atoms with Crippen molar-refractivity contribution >= 4 is 34.6 Å². The summed E-state index contributed by atoms with van der Waals surface area (Å²) in [6.45, 7) is 5.55. The van der Waals surface area contributed by atoms with E-state index in [0.29, 0.717) is 37.6 Å². The Hall–Kier alpha value is -2.55. The number of nitrogens with zero attached hydrogens (tertiary/aromatic N) is 3. The van der Waals surface area contributed by atoms with Crippen LogP contribution in [-0.2, 0) is 14.3 Å². The molecule has 0 unspecified atom stereocenters. The zero-order chi connectivity index (χ0) is 20.9. The van der Waals surface area contributed by atoms with Crippen molar-refractivity contribution in [2.75, 3.05) is 37.9 Å². The number of nitrogens with one attached hydrogen (secondary N) is 1. The first kappa shape index (κ1) is 20.7. The van der Waals surface area contributed by atoms with E-state index in [9.17, 15) is 9.59 Å². The van der Waals surface area contributed by atoms with Crippen LogP contribution in [0.1, 0.15) is 29.3 Å². The quantitative estimate of drug-likeness (QED) is 0.771. The van der Waals surface area contributed by atoms with Gasteiger partial charge in [0.05, 0.1) is 24.9 Å². The highest BCUT2D eigenvalue weighted by molar-refractivity contribution is 7.10. The molecule has 1 saturated heterocycles. The Balaban J connectivity index is 1.46. The lowest BCUT2D eigenvalue weighted by atomic mass is 10.1. The number of ether oxygens (including phenoxy) is 1. The Labute approximate surface area is 180 Å². The van der Waals surface area contributed by atoms with Gasteiger partial charge in [-0.2, -0.15) is 5.10 Å². The number of anilines is 1. The third kappa shape index (κ3) is 4.77. The lowest BCUT2D eigenvalue weighted by Gasteiger charge is -2.34. The molecule has 7 nitrogen and oxygen atoms in total. The Morgan fingerprint density at radius 2 is 2.07 bits per heavy atom. The van der Waals surface area contributed by atoms with Crippen molar-refractivity contribution in [3.63, 3.8) is 0 Å². The van der Waals surface area contributed by atoms with E-state index in [1.54, 1.807) is 11.3 Å². The number of amides is 2. The minimum absolute atomic E-state index is 0.0954. The second-order valence-corrected chi connectivity index (χ2v) is 8.46. The first-order valence-corrected chi connectivity index (χ1v) is 11.1. The molecule has 0 aliphatic carbocycles. The molecule has 2 aliphatic heterocycles. The van der Waals surface area contributed by atoms with Crippen molar-refractivity contribution in [1.82, 2.24) is 10.2 Å². The van der Waals surface area contributed by atoms with E-state index in [0.717, 1.165) is 18.7 Å². The first-order valence-electron chi connectivity index (χ1n) is 10.2. The summed E-state index contributed by atoms with van der Waals surface area (Å²) in [5.41, 5.74) is 2.12. The second-order valence-electron chi connectivity index (χ2n) is 7.48. The average Bonchev–Trinajstić information content (AvgIpc) is 3.29. The van der Waals surface area contributed by atoms with Crippen LogP contribution in [0.4, 0.5) is 5.69 Å². The van der Waals surface area contributed by atoms with Gasteiger partial charge in [0, 0.05) is 37.4 Å². The Bertz CT molecular complexity index is 922. The number of benzene rings is 1. The standard InChI is InChI=1S/C22H26N4O3S/c1-16-4-2-5-17(14-16)26-21(27)8-7-18(24-26)22(28)23-15-19(20-6-3-13-30-20)25-9-11-29-12-10-25/h2-6,13-14,19H,7-12,15H2,1H3,(H,23,28)/t19-/m1/s1. The summed E-state index contributed by atoms with van der Waals surface area (Å²) in [4.78, 5) is 28.8. The van der Waals surface area contributed by atoms with Crippen LogP contribution in [0.25, 0.3) is 0 Å². The lowest BCUT2D eigenvalue weighted by molar-refractivity contribution is -0.119. The molecular weight excluding hydrogens is 400 g/mol. The summed E-state index contributed by atoms with van der Waals surface area (Å²) in [5.74, 6) is -0.308. The van der Waals surface area contributed by atoms with Gasteiger partial charge in [-0.15, -0.1) is 11.3 Å². The summed E-state index contributed by atoms with van der Waals surface area (Å²) in [7, 11) is 0. The normalized spacial score (nSPS) is 18.8. The van der Waals surface area contributed by atoms with Crippen LogP contribution in [0.15, 0.2) is 46.9 Å². The molecule has 158 valence electrons. The predicted molar refractivity (Wildman–Crippen MR) is 118 cm³/mol. The van der Waals surface area contributed by atoms with Gasteiger partial charge in [-0.05, 0) is 36.1 Å². The molecule has 1 aromatic heterocycles. The number of thiophene rings is 1. The number of rotatable bonds is 6. The van der Waals surface area contributed by atoms with E-state index in [1.165, 1.54) is 9.89 Å². The number of hydrogen-bond acceptors (Lipinski definition) is 6. The zero-order valence-electron chi connectivity index (χ0n) is 17.0. The molecule has 2 aliphatic rings. The molecule has 0 saturated carbocycles. The van der Waals surface area contributed by atoms with Gasteiger partial charge in [-0.25, -0.2) is 5.01 Å². The van der Waals surface area contributed by atoms with Crippen LogP contribution >= 0.6 is 11.3 Å². The van der Waals surface area contributed by atoms with Crippen LogP contribution in [0.5, 0.6) is 0 Å². The minimum atomic E-state index is -0.213. The van der Waals surface area contributed by atoms with Gasteiger partial charge in [0.1, 0.15) is 5.71 Å². The second kappa shape index (κ2) is 9.51. The van der Waals surface area contributed by atoms with Crippen LogP contribution in [0.3, 0.4) is 0 Å². The Morgan fingerprint density at radius 1 is 1.23 bits per heavy atom. The zero-order valence-corrected chi connectivity index (χ0v) is 17.9. The summed E-state index contributed by atoms with van der Waals surface area (Å²) in [6.07, 6.45) is 0.631. The molecule has 1 fully saturated rings. The largest absolute Gasteiger partial charge is 0.379 e. The molecule has 30 heavy (non-hydrogen) atoms. The molecule has 2 aromatic rings. The van der Waals surface area contributed by atoms with Gasteiger partial charge in [0.2, 0.25) is 5.91 Å². The molecule has 8 heteroatoms. The van der Waals surface area contributed by atoms with Crippen LogP contribution in [0, 0.1) is 6.92 Å². The molecule has 1 N–H and O–H groups in total. The van der Waals surface area contributed by atoms with Crippen molar-refractivity contribution in [2.45, 2.75) is 25.8 Å². The fraction of sp³-hybridized carbons (Fsp3) is 0.409. The van der Waals surface area contributed by atoms with E-state index in [1.807, 2.05) is 37.3 Å². The maximum atomic E-state index is 12.9. The summed E-state index contributed by atoms with van der Waals surface area (Å²) >= 11 is 1.69. The predicted octanol–water partition coefficient (Wildman–Crippen LogP) is 2.73. The maximum absolute atomic E-state index is 12.9. The van der Waals surface area contributed by atoms with Gasteiger partial charge in [-0.1, -0.05) is 18.2 Å². The van der Waals surface area contributed by atoms with Gasteiger partial charge >= 0.3 is 0 Å². The fourth-order valence-electron chi connectivity index (χ4n) is 3.75. The van der Waals surface area contributed by atoms with Gasteiger partial charge in [-0.3, -0.25) is 14.5 Å². The molecule has 0 bridgehead atoms. The summed E-state index contributed by atoms with van der Waals surface area (Å²) in [5, 5.41) is 10.8. The average molecular weight is 427 g/mol. The van der Waals surface area contributed by atoms with Gasteiger partial charge in [0.25, 0.3) is 5.91 Å². The molecule has 2 amide bonds. The number of hydrazone groups is 1. The number of carbonyl (C=O) groups excluding carboxylic acids is 2. The van der Waals surface area contributed by atoms with Gasteiger partial charge < -0.3 is 10.1 Å². The van der Waals surface area contributed by atoms with Crippen molar-refractivity contribution in [3.05, 3.63) is 52.2 Å². The number of carbonyl (C=O) groups is 2. The van der Waals surface area contributed by atoms with Crippen LogP contribution in [0.2, 0.25) is 0 Å². The minimum Gasteiger partial charge on any atom is -0.379 e. The third-order valence-corrected chi connectivity index (χ3v) is 6.33. The highest BCUT2D eigenvalue weighted by atomic mass is 32.1. The number of aryl methyl sites for hydroxylation is 1. The van der Waals surface area contributed by atoms with Crippen molar-refractivity contribution in [1.29, 1.82) is 0 Å². The van der Waals surface area contributed by atoms with Crippen molar-refractivity contribution in [3.8, 4) is 0 Å². The molecule has 0 radical (unpaired) electrons. The molecule has 3 heterocycles. The molecule has 0 spiro atoms. The van der Waals surface area contributed by atoms with E-state index < -0.39 is 0 Å².